The normalized spacial score (nSPS) is 10.5. The molecule has 0 spiro atoms. The highest BCUT2D eigenvalue weighted by Gasteiger charge is 2.15. The van der Waals surface area contributed by atoms with Gasteiger partial charge in [0.1, 0.15) is 5.02 Å². The second-order valence-electron chi connectivity index (χ2n) is 4.82. The number of rotatable bonds is 6. The van der Waals surface area contributed by atoms with Crippen LogP contribution in [0.1, 0.15) is 25.8 Å². The summed E-state index contributed by atoms with van der Waals surface area (Å²) in [5.74, 6) is 1.35. The third-order valence-corrected chi connectivity index (χ3v) is 3.50. The summed E-state index contributed by atoms with van der Waals surface area (Å²) in [5, 5.41) is 3.76. The number of aryl methyl sites for hydroxylation is 1. The molecule has 0 unspecified atom stereocenters. The Hall–Kier alpha value is -1.81. The predicted molar refractivity (Wildman–Crippen MR) is 89.7 cm³/mol. The van der Waals surface area contributed by atoms with Gasteiger partial charge in [-0.05, 0) is 31.9 Å². The maximum absolute atomic E-state index is 6.31. The molecule has 0 saturated heterocycles. The van der Waals surface area contributed by atoms with E-state index in [1.165, 1.54) is 5.56 Å². The Morgan fingerprint density at radius 2 is 2.00 bits per heavy atom. The number of para-hydroxylation sites is 1. The molecule has 21 heavy (non-hydrogen) atoms. The number of aromatic nitrogens is 2. The molecular formula is C16H21ClN4. The third kappa shape index (κ3) is 3.64. The minimum absolute atomic E-state index is 0.558. The summed E-state index contributed by atoms with van der Waals surface area (Å²) in [6, 6.07) is 8.22. The number of nitrogens with zero attached hydrogens (tertiary/aromatic N) is 3. The molecule has 0 atom stereocenters. The predicted octanol–water partition coefficient (Wildman–Crippen LogP) is 4.42. The first-order valence-corrected chi connectivity index (χ1v) is 7.64. The molecule has 0 aliphatic carbocycles. The van der Waals surface area contributed by atoms with Crippen LogP contribution in [0.3, 0.4) is 0 Å². The van der Waals surface area contributed by atoms with Crippen LogP contribution >= 0.6 is 11.6 Å². The second kappa shape index (κ2) is 7.27. The van der Waals surface area contributed by atoms with Crippen molar-refractivity contribution >= 4 is 29.1 Å². The number of anilines is 3. The van der Waals surface area contributed by atoms with E-state index in [4.69, 9.17) is 11.6 Å². The van der Waals surface area contributed by atoms with Crippen LogP contribution in [-0.4, -0.2) is 23.1 Å². The standard InChI is InChI=1S/C16H21ClN4/c1-4-10-18-16-19-11-13(17)15(20-16)21(5-2)14-9-7-6-8-12(14)3/h6-9,11H,4-5,10H2,1-3H3,(H,18,19,20). The highest BCUT2D eigenvalue weighted by molar-refractivity contribution is 6.33. The molecule has 2 rings (SSSR count). The maximum atomic E-state index is 6.31. The summed E-state index contributed by atoms with van der Waals surface area (Å²) < 4.78 is 0. The zero-order valence-corrected chi connectivity index (χ0v) is 13.5. The molecule has 0 bridgehead atoms. The highest BCUT2D eigenvalue weighted by atomic mass is 35.5. The molecule has 0 aliphatic rings. The summed E-state index contributed by atoms with van der Waals surface area (Å²) in [6.45, 7) is 7.91. The Bertz CT molecular complexity index is 601. The van der Waals surface area contributed by atoms with E-state index in [2.05, 4.69) is 53.1 Å². The molecule has 2 aromatic rings. The third-order valence-electron chi connectivity index (χ3n) is 3.24. The molecule has 0 amide bonds. The van der Waals surface area contributed by atoms with E-state index in [-0.39, 0.29) is 0 Å². The van der Waals surface area contributed by atoms with Crippen LogP contribution in [0.4, 0.5) is 17.5 Å². The van der Waals surface area contributed by atoms with Gasteiger partial charge in [-0.15, -0.1) is 0 Å². The molecule has 1 aromatic heterocycles. The van der Waals surface area contributed by atoms with Gasteiger partial charge >= 0.3 is 0 Å². The van der Waals surface area contributed by atoms with Crippen molar-refractivity contribution in [3.63, 3.8) is 0 Å². The lowest BCUT2D eigenvalue weighted by Crippen LogP contribution is -2.20. The monoisotopic (exact) mass is 304 g/mol. The quantitative estimate of drug-likeness (QED) is 0.858. The van der Waals surface area contributed by atoms with Crippen LogP contribution in [0.2, 0.25) is 5.02 Å². The van der Waals surface area contributed by atoms with E-state index in [0.717, 1.165) is 31.0 Å². The van der Waals surface area contributed by atoms with Crippen molar-refractivity contribution in [1.82, 2.24) is 9.97 Å². The first-order valence-electron chi connectivity index (χ1n) is 7.27. The SMILES string of the molecule is CCCNc1ncc(Cl)c(N(CC)c2ccccc2C)n1. The fourth-order valence-corrected chi connectivity index (χ4v) is 2.36. The Labute approximate surface area is 131 Å². The van der Waals surface area contributed by atoms with Crippen molar-refractivity contribution in [2.45, 2.75) is 27.2 Å². The fraction of sp³-hybridized carbons (Fsp3) is 0.375. The van der Waals surface area contributed by atoms with Gasteiger partial charge in [0.25, 0.3) is 0 Å². The van der Waals surface area contributed by atoms with Crippen LogP contribution in [0.5, 0.6) is 0 Å². The maximum Gasteiger partial charge on any atom is 0.224 e. The molecule has 0 aliphatic heterocycles. The van der Waals surface area contributed by atoms with Crippen LogP contribution in [0.15, 0.2) is 30.5 Å². The summed E-state index contributed by atoms with van der Waals surface area (Å²) in [6.07, 6.45) is 2.68. The minimum atomic E-state index is 0.558. The van der Waals surface area contributed by atoms with Gasteiger partial charge in [-0.25, -0.2) is 4.98 Å². The van der Waals surface area contributed by atoms with Crippen molar-refractivity contribution in [3.8, 4) is 0 Å². The zero-order valence-electron chi connectivity index (χ0n) is 12.7. The summed E-state index contributed by atoms with van der Waals surface area (Å²) >= 11 is 6.31. The molecule has 112 valence electrons. The van der Waals surface area contributed by atoms with Gasteiger partial charge in [-0.1, -0.05) is 36.7 Å². The minimum Gasteiger partial charge on any atom is -0.354 e. The first-order chi connectivity index (χ1) is 10.2. The van der Waals surface area contributed by atoms with Crippen molar-refractivity contribution in [1.29, 1.82) is 0 Å². The summed E-state index contributed by atoms with van der Waals surface area (Å²) in [7, 11) is 0. The number of benzene rings is 1. The molecule has 5 heteroatoms. The van der Waals surface area contributed by atoms with Crippen molar-refractivity contribution in [2.24, 2.45) is 0 Å². The van der Waals surface area contributed by atoms with Gasteiger partial charge < -0.3 is 10.2 Å². The number of hydrogen-bond acceptors (Lipinski definition) is 4. The topological polar surface area (TPSA) is 41.1 Å². The van der Waals surface area contributed by atoms with Crippen molar-refractivity contribution < 1.29 is 0 Å². The lowest BCUT2D eigenvalue weighted by Gasteiger charge is -2.25. The Balaban J connectivity index is 2.40. The van der Waals surface area contributed by atoms with Crippen LogP contribution in [0, 0.1) is 6.92 Å². The Morgan fingerprint density at radius 1 is 1.24 bits per heavy atom. The second-order valence-corrected chi connectivity index (χ2v) is 5.23. The van der Waals surface area contributed by atoms with Gasteiger partial charge in [0, 0.05) is 18.8 Å². The lowest BCUT2D eigenvalue weighted by atomic mass is 10.2. The number of hydrogen-bond donors (Lipinski definition) is 1. The van der Waals surface area contributed by atoms with Crippen LogP contribution < -0.4 is 10.2 Å². The molecule has 0 fully saturated rings. The molecule has 0 saturated carbocycles. The summed E-state index contributed by atoms with van der Waals surface area (Å²) in [5.41, 5.74) is 2.30. The van der Waals surface area contributed by atoms with E-state index in [1.807, 2.05) is 12.1 Å². The molecule has 4 nitrogen and oxygen atoms in total. The van der Waals surface area contributed by atoms with Gasteiger partial charge in [0.2, 0.25) is 5.95 Å². The first kappa shape index (κ1) is 15.6. The lowest BCUT2D eigenvalue weighted by molar-refractivity contribution is 0.933. The molecule has 1 heterocycles. The molecule has 1 N–H and O–H groups in total. The molecule has 1 aromatic carbocycles. The van der Waals surface area contributed by atoms with Gasteiger partial charge in [-0.3, -0.25) is 0 Å². The highest BCUT2D eigenvalue weighted by Crippen LogP contribution is 2.31. The zero-order chi connectivity index (χ0) is 15.2. The van der Waals surface area contributed by atoms with Crippen LogP contribution in [-0.2, 0) is 0 Å². The fourth-order valence-electron chi connectivity index (χ4n) is 2.17. The van der Waals surface area contributed by atoms with E-state index < -0.39 is 0 Å². The average molecular weight is 305 g/mol. The van der Waals surface area contributed by atoms with Crippen LogP contribution in [0.25, 0.3) is 0 Å². The average Bonchev–Trinajstić information content (AvgIpc) is 2.50. The number of nitrogens with one attached hydrogen (secondary N) is 1. The largest absolute Gasteiger partial charge is 0.354 e. The van der Waals surface area contributed by atoms with E-state index in [0.29, 0.717) is 11.0 Å². The molecule has 0 radical (unpaired) electrons. The van der Waals surface area contributed by atoms with Gasteiger partial charge in [-0.2, -0.15) is 4.98 Å². The Morgan fingerprint density at radius 3 is 2.67 bits per heavy atom. The Kier molecular flexibility index (Phi) is 5.39. The van der Waals surface area contributed by atoms with E-state index >= 15 is 0 Å². The number of halogens is 1. The van der Waals surface area contributed by atoms with Gasteiger partial charge in [0.15, 0.2) is 5.82 Å². The summed E-state index contributed by atoms with van der Waals surface area (Å²) in [4.78, 5) is 10.9. The van der Waals surface area contributed by atoms with E-state index in [9.17, 15) is 0 Å². The van der Waals surface area contributed by atoms with Crippen molar-refractivity contribution in [3.05, 3.63) is 41.0 Å². The van der Waals surface area contributed by atoms with E-state index in [1.54, 1.807) is 6.20 Å². The smallest absolute Gasteiger partial charge is 0.224 e. The van der Waals surface area contributed by atoms with Gasteiger partial charge in [0.05, 0.1) is 6.20 Å². The molecular weight excluding hydrogens is 284 g/mol. The van der Waals surface area contributed by atoms with Crippen molar-refractivity contribution in [2.75, 3.05) is 23.3 Å².